The molecule has 0 aliphatic rings. The van der Waals surface area contributed by atoms with Gasteiger partial charge in [0.05, 0.1) is 17.9 Å². The van der Waals surface area contributed by atoms with Gasteiger partial charge in [0.1, 0.15) is 0 Å². The average molecular weight is 271 g/mol. The Hall–Kier alpha value is -1.10. The van der Waals surface area contributed by atoms with E-state index in [1.807, 2.05) is 6.92 Å². The highest BCUT2D eigenvalue weighted by Gasteiger charge is 2.17. The van der Waals surface area contributed by atoms with Crippen LogP contribution in [0.1, 0.15) is 24.2 Å². The summed E-state index contributed by atoms with van der Waals surface area (Å²) in [5.41, 5.74) is 7.75. The van der Waals surface area contributed by atoms with E-state index in [-0.39, 0.29) is 6.04 Å². The third kappa shape index (κ3) is 2.44. The predicted octanol–water partition coefficient (Wildman–Crippen LogP) is 2.65. The van der Waals surface area contributed by atoms with Crippen LogP contribution in [0.5, 0.6) is 0 Å². The Balaban J connectivity index is 2.43. The first-order chi connectivity index (χ1) is 8.13. The molecule has 0 aliphatic carbocycles. The van der Waals surface area contributed by atoms with Crippen molar-refractivity contribution in [2.75, 3.05) is 0 Å². The molecule has 2 aromatic rings. The average Bonchev–Trinajstić information content (AvgIpc) is 2.79. The van der Waals surface area contributed by atoms with Gasteiger partial charge in [-0.1, -0.05) is 28.4 Å². The summed E-state index contributed by atoms with van der Waals surface area (Å²) in [5.74, 6) is 0. The van der Waals surface area contributed by atoms with Crippen LogP contribution < -0.4 is 5.73 Å². The molecule has 1 heterocycles. The van der Waals surface area contributed by atoms with Gasteiger partial charge in [-0.2, -0.15) is 0 Å². The lowest BCUT2D eigenvalue weighted by molar-refractivity contribution is 0.581. The van der Waals surface area contributed by atoms with Gasteiger partial charge in [-0.15, -0.1) is 5.10 Å². The molecule has 2 rings (SSSR count). The Labute approximate surface area is 109 Å². The molecule has 2 N–H and O–H groups in total. The summed E-state index contributed by atoms with van der Waals surface area (Å²) in [7, 11) is 0. The van der Waals surface area contributed by atoms with Crippen molar-refractivity contribution in [2.24, 2.45) is 5.73 Å². The largest absolute Gasteiger partial charge is 0.319 e. The molecule has 0 saturated heterocycles. The Morgan fingerprint density at radius 2 is 2.18 bits per heavy atom. The summed E-state index contributed by atoms with van der Waals surface area (Å²) in [6.07, 6.45) is 1.64. The molecule has 0 amide bonds. The highest BCUT2D eigenvalue weighted by Crippen LogP contribution is 2.28. The lowest BCUT2D eigenvalue weighted by Gasteiger charge is -2.14. The Morgan fingerprint density at radius 3 is 2.88 bits per heavy atom. The number of rotatable bonds is 3. The number of benzene rings is 1. The lowest BCUT2D eigenvalue weighted by Crippen LogP contribution is -2.17. The fourth-order valence-electron chi connectivity index (χ4n) is 1.66. The third-order valence-electron chi connectivity index (χ3n) is 2.56. The van der Waals surface area contributed by atoms with Crippen LogP contribution in [-0.2, 0) is 6.54 Å². The Kier molecular flexibility index (Phi) is 3.66. The maximum absolute atomic E-state index is 6.16. The van der Waals surface area contributed by atoms with Gasteiger partial charge in [0.2, 0.25) is 0 Å². The highest BCUT2D eigenvalue weighted by atomic mass is 35.5. The Bertz CT molecular complexity index is 524. The summed E-state index contributed by atoms with van der Waals surface area (Å²) in [6.45, 7) is 2.69. The molecular weight excluding hydrogens is 259 g/mol. The number of aromatic nitrogens is 3. The van der Waals surface area contributed by atoms with Gasteiger partial charge in [0, 0.05) is 16.6 Å². The maximum atomic E-state index is 6.16. The fourth-order valence-corrected chi connectivity index (χ4v) is 2.08. The van der Waals surface area contributed by atoms with Gasteiger partial charge in [-0.3, -0.25) is 0 Å². The summed E-state index contributed by atoms with van der Waals surface area (Å²) in [6, 6.07) is 4.85. The van der Waals surface area contributed by atoms with Crippen LogP contribution in [0.2, 0.25) is 10.0 Å². The van der Waals surface area contributed by atoms with Gasteiger partial charge in [-0.05, 0) is 30.7 Å². The van der Waals surface area contributed by atoms with Crippen molar-refractivity contribution in [1.29, 1.82) is 0 Å². The van der Waals surface area contributed by atoms with Crippen LogP contribution in [0.3, 0.4) is 0 Å². The monoisotopic (exact) mass is 270 g/mol. The fraction of sp³-hybridized carbons (Fsp3) is 0.273. The lowest BCUT2D eigenvalue weighted by atomic mass is 10.1. The molecule has 0 spiro atoms. The van der Waals surface area contributed by atoms with Gasteiger partial charge in [-0.25, -0.2) is 4.68 Å². The summed E-state index contributed by atoms with van der Waals surface area (Å²) in [5, 5.41) is 8.99. The summed E-state index contributed by atoms with van der Waals surface area (Å²) >= 11 is 12.1. The highest BCUT2D eigenvalue weighted by molar-refractivity contribution is 6.33. The van der Waals surface area contributed by atoms with Gasteiger partial charge in [0.15, 0.2) is 0 Å². The van der Waals surface area contributed by atoms with Crippen molar-refractivity contribution in [1.82, 2.24) is 15.0 Å². The number of aryl methyl sites for hydroxylation is 1. The first kappa shape index (κ1) is 12.4. The van der Waals surface area contributed by atoms with Crippen molar-refractivity contribution in [2.45, 2.75) is 19.5 Å². The van der Waals surface area contributed by atoms with Crippen molar-refractivity contribution in [3.05, 3.63) is 45.7 Å². The number of hydrogen-bond donors (Lipinski definition) is 1. The van der Waals surface area contributed by atoms with Gasteiger partial charge in [0.25, 0.3) is 0 Å². The number of halogens is 2. The van der Waals surface area contributed by atoms with Crippen molar-refractivity contribution in [3.8, 4) is 0 Å². The molecule has 0 aliphatic heterocycles. The summed E-state index contributed by atoms with van der Waals surface area (Å²) in [4.78, 5) is 0. The molecule has 17 heavy (non-hydrogen) atoms. The van der Waals surface area contributed by atoms with Crippen molar-refractivity contribution in [3.63, 3.8) is 0 Å². The molecule has 1 aromatic heterocycles. The molecule has 0 radical (unpaired) electrons. The maximum Gasteiger partial charge on any atom is 0.0800 e. The molecule has 0 saturated carbocycles. The topological polar surface area (TPSA) is 56.7 Å². The van der Waals surface area contributed by atoms with E-state index in [0.29, 0.717) is 16.6 Å². The van der Waals surface area contributed by atoms with E-state index in [1.165, 1.54) is 0 Å². The van der Waals surface area contributed by atoms with E-state index >= 15 is 0 Å². The second kappa shape index (κ2) is 5.04. The molecule has 1 aromatic carbocycles. The second-order valence-electron chi connectivity index (χ2n) is 3.62. The molecule has 1 atom stereocenters. The molecule has 4 nitrogen and oxygen atoms in total. The smallest absolute Gasteiger partial charge is 0.0800 e. The minimum absolute atomic E-state index is 0.379. The minimum atomic E-state index is -0.379. The molecule has 0 bridgehead atoms. The molecule has 0 fully saturated rings. The van der Waals surface area contributed by atoms with Crippen LogP contribution in [0.25, 0.3) is 0 Å². The van der Waals surface area contributed by atoms with Gasteiger partial charge >= 0.3 is 0 Å². The predicted molar refractivity (Wildman–Crippen MR) is 68.2 cm³/mol. The SMILES string of the molecule is CCn1nncc1C(N)c1cc(Cl)ccc1Cl. The number of hydrogen-bond acceptors (Lipinski definition) is 3. The quantitative estimate of drug-likeness (QED) is 0.933. The van der Waals surface area contributed by atoms with E-state index in [2.05, 4.69) is 10.3 Å². The Morgan fingerprint density at radius 1 is 1.41 bits per heavy atom. The van der Waals surface area contributed by atoms with E-state index in [4.69, 9.17) is 28.9 Å². The van der Waals surface area contributed by atoms with E-state index in [0.717, 1.165) is 11.3 Å². The van der Waals surface area contributed by atoms with Crippen LogP contribution in [0.4, 0.5) is 0 Å². The van der Waals surface area contributed by atoms with Crippen LogP contribution in [-0.4, -0.2) is 15.0 Å². The molecule has 1 unspecified atom stereocenters. The first-order valence-electron chi connectivity index (χ1n) is 5.22. The van der Waals surface area contributed by atoms with E-state index in [9.17, 15) is 0 Å². The van der Waals surface area contributed by atoms with E-state index in [1.54, 1.807) is 29.1 Å². The van der Waals surface area contributed by atoms with Crippen molar-refractivity contribution >= 4 is 23.2 Å². The molecular formula is C11H12Cl2N4. The van der Waals surface area contributed by atoms with Crippen LogP contribution in [0, 0.1) is 0 Å². The third-order valence-corrected chi connectivity index (χ3v) is 3.14. The van der Waals surface area contributed by atoms with Crippen LogP contribution in [0.15, 0.2) is 24.4 Å². The van der Waals surface area contributed by atoms with Gasteiger partial charge < -0.3 is 5.73 Å². The normalized spacial score (nSPS) is 12.7. The zero-order chi connectivity index (χ0) is 12.4. The van der Waals surface area contributed by atoms with E-state index < -0.39 is 0 Å². The van der Waals surface area contributed by atoms with Crippen LogP contribution >= 0.6 is 23.2 Å². The summed E-state index contributed by atoms with van der Waals surface area (Å²) < 4.78 is 1.74. The second-order valence-corrected chi connectivity index (χ2v) is 4.46. The zero-order valence-corrected chi connectivity index (χ0v) is 10.8. The van der Waals surface area contributed by atoms with Crippen molar-refractivity contribution < 1.29 is 0 Å². The molecule has 6 heteroatoms. The minimum Gasteiger partial charge on any atom is -0.319 e. The molecule has 90 valence electrons. The number of nitrogens with zero attached hydrogens (tertiary/aromatic N) is 3. The number of nitrogens with two attached hydrogens (primary N) is 1. The standard InChI is InChI=1S/C11H12Cl2N4/c1-2-17-10(6-15-16-17)11(14)8-5-7(12)3-4-9(8)13/h3-6,11H,2,14H2,1H3. The zero-order valence-electron chi connectivity index (χ0n) is 9.27. The first-order valence-corrected chi connectivity index (χ1v) is 5.98.